The van der Waals surface area contributed by atoms with E-state index in [4.69, 9.17) is 14.2 Å². The highest BCUT2D eigenvalue weighted by atomic mass is 28.3. The molecule has 144 valence electrons. The van der Waals surface area contributed by atoms with E-state index in [1.807, 2.05) is 30.3 Å². The summed E-state index contributed by atoms with van der Waals surface area (Å²) in [6.07, 6.45) is 2.10. The van der Waals surface area contributed by atoms with Crippen LogP contribution >= 0.6 is 0 Å². The van der Waals surface area contributed by atoms with E-state index in [-0.39, 0.29) is 5.56 Å². The number of carboxylic acids is 1. The van der Waals surface area contributed by atoms with Gasteiger partial charge >= 0.3 is 5.97 Å². The highest BCUT2D eigenvalue weighted by molar-refractivity contribution is 6.83. The molecule has 6 heteroatoms. The van der Waals surface area contributed by atoms with E-state index in [0.717, 1.165) is 5.56 Å². The minimum Gasteiger partial charge on any atom is -0.488 e. The van der Waals surface area contributed by atoms with Gasteiger partial charge in [-0.15, -0.1) is 5.54 Å². The molecule has 28 heavy (non-hydrogen) atoms. The number of ether oxygens (including phenoxy) is 3. The van der Waals surface area contributed by atoms with Crippen molar-refractivity contribution in [1.29, 1.82) is 0 Å². The summed E-state index contributed by atoms with van der Waals surface area (Å²) in [5, 5.41) is 9.67. The number of hydrogen-bond acceptors (Lipinski definition) is 4. The maximum absolute atomic E-state index is 11.8. The Morgan fingerprint density at radius 2 is 1.82 bits per heavy atom. The molecule has 1 heterocycles. The quantitative estimate of drug-likeness (QED) is 0.588. The van der Waals surface area contributed by atoms with Gasteiger partial charge in [0.1, 0.15) is 33.0 Å². The third-order valence-corrected chi connectivity index (χ3v) is 4.78. The van der Waals surface area contributed by atoms with Crippen molar-refractivity contribution in [2.24, 2.45) is 0 Å². The Morgan fingerprint density at radius 3 is 2.43 bits per heavy atom. The second-order valence-corrected chi connectivity index (χ2v) is 12.1. The average molecular weight is 394 g/mol. The molecule has 0 atom stereocenters. The fraction of sp³-hybridized carbons (Fsp3) is 0.227. The number of benzene rings is 2. The van der Waals surface area contributed by atoms with Crippen LogP contribution in [0.15, 0.2) is 55.0 Å². The monoisotopic (exact) mass is 394 g/mol. The van der Waals surface area contributed by atoms with Crippen LogP contribution in [0.25, 0.3) is 0 Å². The Labute approximate surface area is 165 Å². The van der Waals surface area contributed by atoms with Crippen LogP contribution in [0.1, 0.15) is 33.3 Å². The Kier molecular flexibility index (Phi) is 5.76. The zero-order valence-corrected chi connectivity index (χ0v) is 17.1. The first-order chi connectivity index (χ1) is 13.3. The number of aromatic carboxylic acids is 1. The van der Waals surface area contributed by atoms with Crippen LogP contribution in [-0.2, 0) is 16.1 Å². The van der Waals surface area contributed by atoms with Gasteiger partial charge in [-0.3, -0.25) is 0 Å². The fourth-order valence-electron chi connectivity index (χ4n) is 2.56. The molecule has 0 aliphatic carbocycles. The minimum atomic E-state index is -1.68. The molecule has 0 unspecified atom stereocenters. The molecule has 0 radical (unpaired) electrons. The maximum atomic E-state index is 11.8. The molecule has 2 aromatic rings. The Morgan fingerprint density at radius 1 is 1.14 bits per heavy atom. The third-order valence-electron chi connectivity index (χ3n) is 3.90. The zero-order valence-electron chi connectivity index (χ0n) is 16.1. The predicted molar refractivity (Wildman–Crippen MR) is 108 cm³/mol. The highest BCUT2D eigenvalue weighted by Crippen LogP contribution is 2.34. The number of carbonyl (C=O) groups is 1. The molecule has 1 aliphatic rings. The smallest absolute Gasteiger partial charge is 0.336 e. The van der Waals surface area contributed by atoms with Crippen molar-refractivity contribution in [2.75, 3.05) is 0 Å². The summed E-state index contributed by atoms with van der Waals surface area (Å²) in [5.74, 6) is 2.48. The van der Waals surface area contributed by atoms with Gasteiger partial charge in [0.25, 0.3) is 6.29 Å². The van der Waals surface area contributed by atoms with Gasteiger partial charge < -0.3 is 19.3 Å². The van der Waals surface area contributed by atoms with Gasteiger partial charge in [0.15, 0.2) is 0 Å². The lowest BCUT2D eigenvalue weighted by Gasteiger charge is -2.18. The molecular weight excluding hydrogens is 372 g/mol. The van der Waals surface area contributed by atoms with E-state index in [9.17, 15) is 9.90 Å². The van der Waals surface area contributed by atoms with Crippen LogP contribution in [0.2, 0.25) is 19.6 Å². The molecule has 0 spiro atoms. The van der Waals surface area contributed by atoms with Gasteiger partial charge in [-0.2, -0.15) is 0 Å². The van der Waals surface area contributed by atoms with E-state index >= 15 is 0 Å². The largest absolute Gasteiger partial charge is 0.488 e. The number of rotatable bonds is 5. The van der Waals surface area contributed by atoms with Crippen molar-refractivity contribution in [3.05, 3.63) is 77.2 Å². The van der Waals surface area contributed by atoms with Crippen molar-refractivity contribution in [3.63, 3.8) is 0 Å². The summed E-state index contributed by atoms with van der Waals surface area (Å²) in [6.45, 7) is 6.65. The summed E-state index contributed by atoms with van der Waals surface area (Å²) in [4.78, 5) is 11.8. The minimum absolute atomic E-state index is 0.104. The molecule has 0 fully saturated rings. The van der Waals surface area contributed by atoms with E-state index < -0.39 is 20.3 Å². The van der Waals surface area contributed by atoms with Crippen molar-refractivity contribution in [2.45, 2.75) is 32.5 Å². The van der Waals surface area contributed by atoms with E-state index in [0.29, 0.717) is 23.5 Å². The van der Waals surface area contributed by atoms with Crippen molar-refractivity contribution >= 4 is 14.0 Å². The van der Waals surface area contributed by atoms with Crippen molar-refractivity contribution in [3.8, 4) is 17.2 Å². The van der Waals surface area contributed by atoms with Crippen LogP contribution in [-0.4, -0.2) is 19.1 Å². The summed E-state index contributed by atoms with van der Waals surface area (Å²) >= 11 is 0. The second kappa shape index (κ2) is 8.24. The van der Waals surface area contributed by atoms with Gasteiger partial charge in [0, 0.05) is 5.56 Å². The Bertz CT molecular complexity index is 941. The molecule has 5 nitrogen and oxygen atoms in total. The summed E-state index contributed by atoms with van der Waals surface area (Å²) in [6, 6.07) is 12.9. The summed E-state index contributed by atoms with van der Waals surface area (Å²) in [5.41, 5.74) is 5.25. The van der Waals surface area contributed by atoms with Crippen LogP contribution in [0.5, 0.6) is 5.75 Å². The molecule has 0 aromatic heterocycles. The lowest BCUT2D eigenvalue weighted by molar-refractivity contribution is -0.0266. The van der Waals surface area contributed by atoms with Crippen LogP contribution < -0.4 is 4.74 Å². The summed E-state index contributed by atoms with van der Waals surface area (Å²) < 4.78 is 16.8. The molecule has 0 saturated carbocycles. The third kappa shape index (κ3) is 4.96. The molecule has 1 N–H and O–H groups in total. The lowest BCUT2D eigenvalue weighted by atomic mass is 10.0. The average Bonchev–Trinajstić information content (AvgIpc) is 3.19. The van der Waals surface area contributed by atoms with Gasteiger partial charge in [0.05, 0.1) is 11.1 Å². The van der Waals surface area contributed by atoms with Crippen LogP contribution in [0, 0.1) is 11.5 Å². The molecule has 1 aliphatic heterocycles. The van der Waals surface area contributed by atoms with Crippen LogP contribution in [0.3, 0.4) is 0 Å². The van der Waals surface area contributed by atoms with Gasteiger partial charge in [-0.25, -0.2) is 4.79 Å². The first-order valence-corrected chi connectivity index (χ1v) is 12.4. The molecule has 0 bridgehead atoms. The van der Waals surface area contributed by atoms with Crippen LogP contribution in [0.4, 0.5) is 0 Å². The molecular formula is C22H22O5Si. The lowest BCUT2D eigenvalue weighted by Crippen LogP contribution is -2.16. The first kappa shape index (κ1) is 19.6. The summed E-state index contributed by atoms with van der Waals surface area (Å²) in [7, 11) is -1.68. The highest BCUT2D eigenvalue weighted by Gasteiger charge is 2.25. The predicted octanol–water partition coefficient (Wildman–Crippen LogP) is 4.71. The fourth-order valence-corrected chi connectivity index (χ4v) is 3.07. The molecule has 0 amide bonds. The van der Waals surface area contributed by atoms with E-state index in [2.05, 4.69) is 31.1 Å². The SMILES string of the molecule is C[Si](C)(C)C#Cc1cc(OCc2ccccc2)c(C2OC=CO2)cc1C(=O)O. The van der Waals surface area contributed by atoms with Crippen molar-refractivity contribution in [1.82, 2.24) is 0 Å². The number of carboxylic acid groups (broad SMARTS) is 1. The first-order valence-electron chi connectivity index (χ1n) is 8.90. The number of hydrogen-bond donors (Lipinski definition) is 1. The Balaban J connectivity index is 2.02. The van der Waals surface area contributed by atoms with Gasteiger partial charge in [-0.1, -0.05) is 55.9 Å². The second-order valence-electron chi connectivity index (χ2n) is 7.39. The molecule has 0 saturated heterocycles. The van der Waals surface area contributed by atoms with Gasteiger partial charge in [0.2, 0.25) is 0 Å². The van der Waals surface area contributed by atoms with Crippen molar-refractivity contribution < 1.29 is 24.1 Å². The topological polar surface area (TPSA) is 65.0 Å². The molecule has 2 aromatic carbocycles. The Hall–Kier alpha value is -3.17. The van der Waals surface area contributed by atoms with E-state index in [1.54, 1.807) is 6.07 Å². The maximum Gasteiger partial charge on any atom is 0.336 e. The standard InChI is InChI=1S/C22H22O5Si/c1-28(2,3)12-9-17-13-20(27-15-16-7-5-4-6-8-16)19(14-18(17)21(23)24)22-25-10-11-26-22/h4-8,10-11,13-14,22H,15H2,1-3H3,(H,23,24). The van der Waals surface area contributed by atoms with E-state index in [1.165, 1.54) is 18.6 Å². The molecule has 3 rings (SSSR count). The normalized spacial score (nSPS) is 13.2. The zero-order chi connectivity index (χ0) is 20.1. The van der Waals surface area contributed by atoms with Gasteiger partial charge in [-0.05, 0) is 17.7 Å².